The second-order valence-corrected chi connectivity index (χ2v) is 9.55. The summed E-state index contributed by atoms with van der Waals surface area (Å²) in [7, 11) is 0. The lowest BCUT2D eigenvalue weighted by molar-refractivity contribution is -0.160. The van der Waals surface area contributed by atoms with E-state index in [1.165, 1.54) is 42.3 Å². The molecule has 2 heterocycles. The van der Waals surface area contributed by atoms with E-state index in [1.807, 2.05) is 6.26 Å². The number of benzene rings is 2. The van der Waals surface area contributed by atoms with Gasteiger partial charge in [-0.1, -0.05) is 23.3 Å². The van der Waals surface area contributed by atoms with Crippen LogP contribution in [0.5, 0.6) is 0 Å². The van der Waals surface area contributed by atoms with Crippen LogP contribution in [0.3, 0.4) is 0 Å². The number of alkyl halides is 2. The van der Waals surface area contributed by atoms with Crippen molar-refractivity contribution in [3.8, 4) is 0 Å². The maximum absolute atomic E-state index is 15.2. The Morgan fingerprint density at radius 3 is 2.60 bits per heavy atom. The molecule has 1 aliphatic heterocycles. The number of amides is 2. The highest BCUT2D eigenvalue weighted by Crippen LogP contribution is 2.36. The SMILES string of the molecule is CSNc1nc2c(s1)CN(C(=O)C(F)(F)c1cc(C(=O)Nc3ccc(F)c(C)c3)ccc1F)CC2. The fourth-order valence-electron chi connectivity index (χ4n) is 3.65. The molecule has 12 heteroatoms. The largest absolute Gasteiger partial charge is 0.352 e. The Bertz CT molecular complexity index is 1300. The molecule has 1 aromatic heterocycles. The van der Waals surface area contributed by atoms with Gasteiger partial charge in [-0.3, -0.25) is 9.59 Å². The Labute approximate surface area is 206 Å². The maximum atomic E-state index is 15.2. The summed E-state index contributed by atoms with van der Waals surface area (Å²) in [5.74, 6) is -8.33. The molecule has 0 bridgehead atoms. The lowest BCUT2D eigenvalue weighted by Crippen LogP contribution is -2.44. The number of halogens is 4. The molecule has 2 aromatic carbocycles. The summed E-state index contributed by atoms with van der Waals surface area (Å²) < 4.78 is 61.4. The average Bonchev–Trinajstić information content (AvgIpc) is 3.23. The van der Waals surface area contributed by atoms with Gasteiger partial charge in [-0.2, -0.15) is 8.78 Å². The van der Waals surface area contributed by atoms with Crippen LogP contribution in [0.1, 0.15) is 32.1 Å². The van der Waals surface area contributed by atoms with Gasteiger partial charge in [0.25, 0.3) is 11.8 Å². The first-order chi connectivity index (χ1) is 16.6. The van der Waals surface area contributed by atoms with Gasteiger partial charge < -0.3 is 14.9 Å². The molecule has 0 saturated carbocycles. The molecule has 0 spiro atoms. The van der Waals surface area contributed by atoms with Gasteiger partial charge in [0.1, 0.15) is 11.6 Å². The standard InChI is InChI=1S/C23H20F4N4O2S2/c1-12-9-14(4-6-16(12)24)28-20(32)13-3-5-17(25)15(10-13)23(26,27)21(33)31-8-7-18-19(11-31)35-22(29-18)30-34-2/h3-6,9-10H,7-8,11H2,1-2H3,(H,28,32)(H,29,30). The summed E-state index contributed by atoms with van der Waals surface area (Å²) in [5.41, 5.74) is -0.203. The number of aryl methyl sites for hydroxylation is 1. The molecule has 4 rings (SSSR count). The zero-order valence-corrected chi connectivity index (χ0v) is 20.3. The van der Waals surface area contributed by atoms with Crippen molar-refractivity contribution in [3.63, 3.8) is 0 Å². The van der Waals surface area contributed by atoms with E-state index in [-0.39, 0.29) is 29.9 Å². The number of carbonyl (C=O) groups is 2. The highest BCUT2D eigenvalue weighted by molar-refractivity contribution is 8.00. The molecule has 2 N–H and O–H groups in total. The minimum atomic E-state index is -4.20. The quantitative estimate of drug-likeness (QED) is 0.336. The Morgan fingerprint density at radius 2 is 1.89 bits per heavy atom. The first-order valence-corrected chi connectivity index (χ1v) is 12.5. The second kappa shape index (κ2) is 9.86. The highest BCUT2D eigenvalue weighted by Gasteiger charge is 2.47. The van der Waals surface area contributed by atoms with Gasteiger partial charge >= 0.3 is 5.92 Å². The van der Waals surface area contributed by atoms with Crippen molar-refractivity contribution >= 4 is 45.9 Å². The zero-order chi connectivity index (χ0) is 25.3. The number of fused-ring (bicyclic) bond motifs is 1. The number of anilines is 2. The number of thiazole rings is 1. The fourth-order valence-corrected chi connectivity index (χ4v) is 5.16. The second-order valence-electron chi connectivity index (χ2n) is 7.86. The van der Waals surface area contributed by atoms with E-state index in [1.54, 1.807) is 0 Å². The molecule has 184 valence electrons. The van der Waals surface area contributed by atoms with E-state index >= 15 is 8.78 Å². The smallest absolute Gasteiger partial charge is 0.332 e. The molecule has 35 heavy (non-hydrogen) atoms. The number of hydrogen-bond acceptors (Lipinski definition) is 6. The Hall–Kier alpha value is -3.12. The maximum Gasteiger partial charge on any atom is 0.352 e. The van der Waals surface area contributed by atoms with Crippen LogP contribution in [-0.2, 0) is 23.7 Å². The van der Waals surface area contributed by atoms with Crippen LogP contribution < -0.4 is 10.0 Å². The molecule has 0 saturated heterocycles. The summed E-state index contributed by atoms with van der Waals surface area (Å²) >= 11 is 2.61. The normalized spacial score (nSPS) is 13.4. The molecule has 0 unspecified atom stereocenters. The van der Waals surface area contributed by atoms with E-state index in [2.05, 4.69) is 15.0 Å². The van der Waals surface area contributed by atoms with Crippen molar-refractivity contribution in [1.82, 2.24) is 9.88 Å². The van der Waals surface area contributed by atoms with Gasteiger partial charge in [-0.05, 0) is 48.9 Å². The molecule has 0 aliphatic carbocycles. The Balaban J connectivity index is 1.55. The number of hydrogen-bond donors (Lipinski definition) is 2. The lowest BCUT2D eigenvalue weighted by atomic mass is 10.0. The highest BCUT2D eigenvalue weighted by atomic mass is 32.2. The summed E-state index contributed by atoms with van der Waals surface area (Å²) in [4.78, 5) is 31.4. The average molecular weight is 525 g/mol. The molecule has 1 aliphatic rings. The molecular weight excluding hydrogens is 504 g/mol. The van der Waals surface area contributed by atoms with Crippen molar-refractivity contribution < 1.29 is 27.2 Å². The van der Waals surface area contributed by atoms with E-state index in [0.29, 0.717) is 22.5 Å². The van der Waals surface area contributed by atoms with E-state index < -0.39 is 34.9 Å². The number of rotatable bonds is 6. The Kier molecular flexibility index (Phi) is 7.04. The monoisotopic (exact) mass is 524 g/mol. The molecule has 2 amide bonds. The summed E-state index contributed by atoms with van der Waals surface area (Å²) in [6, 6.07) is 6.27. The molecule has 0 fully saturated rings. The van der Waals surface area contributed by atoms with E-state index in [4.69, 9.17) is 0 Å². The van der Waals surface area contributed by atoms with Gasteiger partial charge in [-0.15, -0.1) is 0 Å². The van der Waals surface area contributed by atoms with E-state index in [0.717, 1.165) is 28.8 Å². The molecule has 0 atom stereocenters. The number of nitrogens with zero attached hydrogens (tertiary/aromatic N) is 2. The van der Waals surface area contributed by atoms with Crippen LogP contribution in [-0.4, -0.2) is 34.5 Å². The van der Waals surface area contributed by atoms with Crippen LogP contribution in [0.25, 0.3) is 0 Å². The van der Waals surface area contributed by atoms with Gasteiger partial charge in [0.2, 0.25) is 0 Å². The summed E-state index contributed by atoms with van der Waals surface area (Å²) in [5, 5.41) is 3.07. The van der Waals surface area contributed by atoms with Crippen molar-refractivity contribution in [2.75, 3.05) is 22.8 Å². The first-order valence-electron chi connectivity index (χ1n) is 10.4. The first kappa shape index (κ1) is 25.0. The van der Waals surface area contributed by atoms with Gasteiger partial charge in [-0.25, -0.2) is 13.8 Å². The topological polar surface area (TPSA) is 74.3 Å². The molecule has 6 nitrogen and oxygen atoms in total. The third-order valence-electron chi connectivity index (χ3n) is 5.46. The van der Waals surface area contributed by atoms with Crippen LogP contribution in [0, 0.1) is 18.6 Å². The van der Waals surface area contributed by atoms with Crippen LogP contribution >= 0.6 is 23.3 Å². The van der Waals surface area contributed by atoms with Crippen molar-refractivity contribution in [1.29, 1.82) is 0 Å². The number of aromatic nitrogens is 1. The number of nitrogens with one attached hydrogen (secondary N) is 2. The Morgan fingerprint density at radius 1 is 1.14 bits per heavy atom. The minimum absolute atomic E-state index is 0.00950. The third kappa shape index (κ3) is 5.13. The minimum Gasteiger partial charge on any atom is -0.332 e. The van der Waals surface area contributed by atoms with Crippen molar-refractivity contribution in [2.24, 2.45) is 0 Å². The van der Waals surface area contributed by atoms with Crippen LogP contribution in [0.4, 0.5) is 28.4 Å². The molecular formula is C23H20F4N4O2S2. The van der Waals surface area contributed by atoms with Crippen molar-refractivity contribution in [2.45, 2.75) is 25.8 Å². The predicted molar refractivity (Wildman–Crippen MR) is 128 cm³/mol. The van der Waals surface area contributed by atoms with Gasteiger partial charge in [0, 0.05) is 35.3 Å². The summed E-state index contributed by atoms with van der Waals surface area (Å²) in [6.45, 7) is 1.45. The molecule has 0 radical (unpaired) electrons. The predicted octanol–water partition coefficient (Wildman–Crippen LogP) is 5.35. The third-order valence-corrected chi connectivity index (χ3v) is 6.98. The van der Waals surface area contributed by atoms with E-state index in [9.17, 15) is 18.4 Å². The van der Waals surface area contributed by atoms with Gasteiger partial charge in [0.05, 0.1) is 17.8 Å². The fraction of sp³-hybridized carbons (Fsp3) is 0.261. The lowest BCUT2D eigenvalue weighted by Gasteiger charge is -2.29. The zero-order valence-electron chi connectivity index (χ0n) is 18.6. The summed E-state index contributed by atoms with van der Waals surface area (Å²) in [6.07, 6.45) is 2.12. The van der Waals surface area contributed by atoms with Crippen molar-refractivity contribution in [3.05, 3.63) is 75.3 Å². The number of carbonyl (C=O) groups excluding carboxylic acids is 2. The van der Waals surface area contributed by atoms with Gasteiger partial charge in [0.15, 0.2) is 5.13 Å². The molecule has 3 aromatic rings. The van der Waals surface area contributed by atoms with Crippen LogP contribution in [0.15, 0.2) is 36.4 Å². The van der Waals surface area contributed by atoms with Crippen LogP contribution in [0.2, 0.25) is 0 Å².